The number of rotatable bonds is 3. The second-order valence-corrected chi connectivity index (χ2v) is 5.41. The maximum Gasteiger partial charge on any atom is 0.176 e. The number of aryl methyl sites for hydroxylation is 1. The smallest absolute Gasteiger partial charge is 0.176 e. The minimum Gasteiger partial charge on any atom is -0.294 e. The lowest BCUT2D eigenvalue weighted by molar-refractivity contribution is 0.0937. The highest BCUT2D eigenvalue weighted by molar-refractivity contribution is 7.99. The first kappa shape index (κ1) is 11.7. The Bertz CT molecular complexity index is 372. The molecule has 0 aromatic heterocycles. The summed E-state index contributed by atoms with van der Waals surface area (Å²) < 4.78 is 0. The predicted molar refractivity (Wildman–Crippen MR) is 69.3 cm³/mol. The first-order chi connectivity index (χ1) is 7.75. The number of ketones is 1. The van der Waals surface area contributed by atoms with Gasteiger partial charge in [-0.3, -0.25) is 9.69 Å². The summed E-state index contributed by atoms with van der Waals surface area (Å²) in [5, 5.41) is 0. The van der Waals surface area contributed by atoms with Crippen molar-refractivity contribution in [2.24, 2.45) is 0 Å². The van der Waals surface area contributed by atoms with Crippen LogP contribution in [-0.2, 0) is 0 Å². The highest BCUT2D eigenvalue weighted by Gasteiger charge is 2.15. The average molecular weight is 235 g/mol. The normalized spacial score (nSPS) is 17.3. The Morgan fingerprint density at radius 3 is 2.81 bits per heavy atom. The first-order valence-electron chi connectivity index (χ1n) is 5.66. The molecule has 3 heteroatoms. The van der Waals surface area contributed by atoms with Crippen LogP contribution in [0.15, 0.2) is 24.3 Å². The summed E-state index contributed by atoms with van der Waals surface area (Å²) in [6.45, 7) is 4.68. The summed E-state index contributed by atoms with van der Waals surface area (Å²) in [7, 11) is 0. The van der Waals surface area contributed by atoms with Crippen LogP contribution in [0.2, 0.25) is 0 Å². The number of benzene rings is 1. The minimum atomic E-state index is 0.246. The van der Waals surface area contributed by atoms with Gasteiger partial charge < -0.3 is 0 Å². The van der Waals surface area contributed by atoms with Crippen LogP contribution in [0.1, 0.15) is 15.9 Å². The molecule has 0 spiro atoms. The SMILES string of the molecule is Cc1cccc(C(=O)CN2CCSCC2)c1. The van der Waals surface area contributed by atoms with Crippen LogP contribution in [0.5, 0.6) is 0 Å². The van der Waals surface area contributed by atoms with E-state index in [2.05, 4.69) is 4.90 Å². The van der Waals surface area contributed by atoms with Crippen molar-refractivity contribution >= 4 is 17.5 Å². The Hall–Kier alpha value is -0.800. The first-order valence-corrected chi connectivity index (χ1v) is 6.81. The lowest BCUT2D eigenvalue weighted by Gasteiger charge is -2.25. The van der Waals surface area contributed by atoms with E-state index in [9.17, 15) is 4.79 Å². The molecule has 2 rings (SSSR count). The van der Waals surface area contributed by atoms with Crippen LogP contribution >= 0.6 is 11.8 Å². The molecular formula is C13H17NOS. The monoisotopic (exact) mass is 235 g/mol. The Kier molecular flexibility index (Phi) is 4.02. The lowest BCUT2D eigenvalue weighted by atomic mass is 10.1. The van der Waals surface area contributed by atoms with Crippen LogP contribution < -0.4 is 0 Å². The topological polar surface area (TPSA) is 20.3 Å². The van der Waals surface area contributed by atoms with E-state index in [-0.39, 0.29) is 5.78 Å². The van der Waals surface area contributed by atoms with Crippen molar-refractivity contribution in [3.63, 3.8) is 0 Å². The van der Waals surface area contributed by atoms with Gasteiger partial charge in [0, 0.05) is 30.2 Å². The molecule has 0 unspecified atom stereocenters. The van der Waals surface area contributed by atoms with Crippen molar-refractivity contribution in [2.75, 3.05) is 31.1 Å². The molecule has 0 aliphatic carbocycles. The van der Waals surface area contributed by atoms with Gasteiger partial charge in [-0.05, 0) is 13.0 Å². The molecule has 0 N–H and O–H groups in total. The zero-order valence-electron chi connectivity index (χ0n) is 9.61. The Labute approximate surface area is 101 Å². The fourth-order valence-electron chi connectivity index (χ4n) is 1.87. The highest BCUT2D eigenvalue weighted by atomic mass is 32.2. The third kappa shape index (κ3) is 3.09. The maximum atomic E-state index is 12.0. The van der Waals surface area contributed by atoms with E-state index in [1.54, 1.807) is 0 Å². The van der Waals surface area contributed by atoms with Crippen molar-refractivity contribution in [1.82, 2.24) is 4.90 Å². The molecule has 1 saturated heterocycles. The van der Waals surface area contributed by atoms with Gasteiger partial charge >= 0.3 is 0 Å². The number of thioether (sulfide) groups is 1. The van der Waals surface area contributed by atoms with Gasteiger partial charge in [0.2, 0.25) is 0 Å². The quantitative estimate of drug-likeness (QED) is 0.749. The summed E-state index contributed by atoms with van der Waals surface area (Å²) >= 11 is 1.97. The van der Waals surface area contributed by atoms with E-state index < -0.39 is 0 Å². The van der Waals surface area contributed by atoms with Gasteiger partial charge in [-0.2, -0.15) is 11.8 Å². The van der Waals surface area contributed by atoms with E-state index in [0.29, 0.717) is 6.54 Å². The van der Waals surface area contributed by atoms with E-state index in [1.807, 2.05) is 43.0 Å². The van der Waals surface area contributed by atoms with Gasteiger partial charge in [0.25, 0.3) is 0 Å². The number of carbonyl (C=O) groups excluding carboxylic acids is 1. The van der Waals surface area contributed by atoms with Gasteiger partial charge in [-0.25, -0.2) is 0 Å². The summed E-state index contributed by atoms with van der Waals surface area (Å²) in [4.78, 5) is 14.3. The molecule has 0 radical (unpaired) electrons. The third-order valence-corrected chi connectivity index (χ3v) is 3.75. The highest BCUT2D eigenvalue weighted by Crippen LogP contribution is 2.11. The number of carbonyl (C=O) groups is 1. The van der Waals surface area contributed by atoms with Gasteiger partial charge in [0.05, 0.1) is 6.54 Å². The average Bonchev–Trinajstić information content (AvgIpc) is 2.30. The molecule has 1 aromatic carbocycles. The molecule has 16 heavy (non-hydrogen) atoms. The van der Waals surface area contributed by atoms with Crippen LogP contribution in [0.25, 0.3) is 0 Å². The van der Waals surface area contributed by atoms with Gasteiger partial charge in [0.1, 0.15) is 0 Å². The third-order valence-electron chi connectivity index (χ3n) is 2.81. The molecule has 1 fully saturated rings. The molecule has 0 bridgehead atoms. The number of hydrogen-bond donors (Lipinski definition) is 0. The Balaban J connectivity index is 1.97. The summed E-state index contributed by atoms with van der Waals surface area (Å²) in [5.74, 6) is 2.55. The van der Waals surface area contributed by atoms with Crippen molar-refractivity contribution in [1.29, 1.82) is 0 Å². The van der Waals surface area contributed by atoms with Crippen molar-refractivity contribution in [3.05, 3.63) is 35.4 Å². The van der Waals surface area contributed by atoms with Crippen molar-refractivity contribution in [2.45, 2.75) is 6.92 Å². The number of hydrogen-bond acceptors (Lipinski definition) is 3. The molecule has 1 heterocycles. The van der Waals surface area contributed by atoms with Crippen LogP contribution in [0.4, 0.5) is 0 Å². The Morgan fingerprint density at radius 1 is 1.38 bits per heavy atom. The molecule has 1 aliphatic heterocycles. The van der Waals surface area contributed by atoms with Gasteiger partial charge in [-0.1, -0.05) is 23.8 Å². The predicted octanol–water partition coefficient (Wildman–Crippen LogP) is 2.23. The fraction of sp³-hybridized carbons (Fsp3) is 0.462. The molecule has 2 nitrogen and oxygen atoms in total. The molecule has 1 aliphatic rings. The largest absolute Gasteiger partial charge is 0.294 e. The molecule has 0 amide bonds. The number of nitrogens with zero attached hydrogens (tertiary/aromatic N) is 1. The van der Waals surface area contributed by atoms with E-state index in [0.717, 1.165) is 35.7 Å². The molecular weight excluding hydrogens is 218 g/mol. The fourth-order valence-corrected chi connectivity index (χ4v) is 2.85. The summed E-state index contributed by atoms with van der Waals surface area (Å²) in [6, 6.07) is 7.86. The molecule has 0 atom stereocenters. The van der Waals surface area contributed by atoms with Gasteiger partial charge in [-0.15, -0.1) is 0 Å². The molecule has 86 valence electrons. The van der Waals surface area contributed by atoms with Crippen LogP contribution in [-0.4, -0.2) is 41.8 Å². The maximum absolute atomic E-state index is 12.0. The molecule has 0 saturated carbocycles. The zero-order chi connectivity index (χ0) is 11.4. The minimum absolute atomic E-state index is 0.246. The van der Waals surface area contributed by atoms with Gasteiger partial charge in [0.15, 0.2) is 5.78 Å². The van der Waals surface area contributed by atoms with E-state index >= 15 is 0 Å². The zero-order valence-corrected chi connectivity index (χ0v) is 10.4. The summed E-state index contributed by atoms with van der Waals surface area (Å²) in [5.41, 5.74) is 2.00. The van der Waals surface area contributed by atoms with Crippen LogP contribution in [0, 0.1) is 6.92 Å². The Morgan fingerprint density at radius 2 is 2.12 bits per heavy atom. The summed E-state index contributed by atoms with van der Waals surface area (Å²) in [6.07, 6.45) is 0. The second-order valence-electron chi connectivity index (χ2n) is 4.18. The lowest BCUT2D eigenvalue weighted by Crippen LogP contribution is -2.36. The van der Waals surface area contributed by atoms with Crippen LogP contribution in [0.3, 0.4) is 0 Å². The second kappa shape index (κ2) is 5.51. The van der Waals surface area contributed by atoms with E-state index in [1.165, 1.54) is 0 Å². The standard InChI is InChI=1S/C13H17NOS/c1-11-3-2-4-12(9-11)13(15)10-14-5-7-16-8-6-14/h2-4,9H,5-8,10H2,1H3. The number of Topliss-reactive ketones (excluding diaryl/α,β-unsaturated/α-hetero) is 1. The van der Waals surface area contributed by atoms with E-state index in [4.69, 9.17) is 0 Å². The molecule has 1 aromatic rings. The van der Waals surface area contributed by atoms with Crippen molar-refractivity contribution in [3.8, 4) is 0 Å². The van der Waals surface area contributed by atoms with Crippen molar-refractivity contribution < 1.29 is 4.79 Å².